The molecule has 64 valence electrons. The molecular weight excluding hydrogens is 148 g/mol. The normalized spacial score (nSPS) is 9.25. The number of hydrogen-bond acceptors (Lipinski definition) is 1. The molecule has 0 radical (unpaired) electrons. The van der Waals surface area contributed by atoms with Gasteiger partial charge in [-0.15, -0.1) is 0 Å². The lowest BCUT2D eigenvalue weighted by molar-refractivity contribution is 0.956. The van der Waals surface area contributed by atoms with Crippen molar-refractivity contribution in [3.8, 4) is 0 Å². The zero-order valence-corrected chi connectivity index (χ0v) is 7.78. The van der Waals surface area contributed by atoms with Crippen LogP contribution in [-0.2, 0) is 0 Å². The molecule has 0 fully saturated rings. The Morgan fingerprint density at radius 1 is 1.25 bits per heavy atom. The minimum atomic E-state index is 1.18. The van der Waals surface area contributed by atoms with Crippen LogP contribution in [-0.4, -0.2) is 9.61 Å². The van der Waals surface area contributed by atoms with Crippen LogP contribution in [0.25, 0.3) is 5.52 Å². The summed E-state index contributed by atoms with van der Waals surface area (Å²) < 4.78 is 1.87. The number of nitrogens with zero attached hydrogens (tertiary/aromatic N) is 2. The number of aryl methyl sites for hydroxylation is 1. The van der Waals surface area contributed by atoms with Crippen LogP contribution in [0.15, 0.2) is 30.6 Å². The molecule has 2 rings (SSSR count). The molecule has 0 atom stereocenters. The number of hydrogen-bond donors (Lipinski definition) is 0. The van der Waals surface area contributed by atoms with Crippen LogP contribution in [0, 0.1) is 6.92 Å². The van der Waals surface area contributed by atoms with Gasteiger partial charge in [-0.1, -0.05) is 19.9 Å². The second kappa shape index (κ2) is 3.90. The lowest BCUT2D eigenvalue weighted by Gasteiger charge is -1.94. The smallest absolute Gasteiger partial charge is 0.0690 e. The Bertz CT molecular complexity index is 349. The monoisotopic (exact) mass is 162 g/mol. The summed E-state index contributed by atoms with van der Waals surface area (Å²) in [7, 11) is 0. The highest BCUT2D eigenvalue weighted by Crippen LogP contribution is 2.06. The van der Waals surface area contributed by atoms with E-state index < -0.39 is 0 Å². The third-order valence-electron chi connectivity index (χ3n) is 1.65. The average molecular weight is 162 g/mol. The predicted molar refractivity (Wildman–Crippen MR) is 51.3 cm³/mol. The SMILES string of the molecule is CC.Cc1cccn2nccc12. The van der Waals surface area contributed by atoms with E-state index in [1.54, 1.807) is 0 Å². The molecule has 2 heteroatoms. The van der Waals surface area contributed by atoms with E-state index in [2.05, 4.69) is 18.1 Å². The van der Waals surface area contributed by atoms with Gasteiger partial charge in [0.05, 0.1) is 5.52 Å². The van der Waals surface area contributed by atoms with Gasteiger partial charge in [0.15, 0.2) is 0 Å². The van der Waals surface area contributed by atoms with Crippen LogP contribution < -0.4 is 0 Å². The van der Waals surface area contributed by atoms with Crippen LogP contribution in [0.2, 0.25) is 0 Å². The van der Waals surface area contributed by atoms with Crippen molar-refractivity contribution in [1.29, 1.82) is 0 Å². The maximum absolute atomic E-state index is 4.10. The van der Waals surface area contributed by atoms with Crippen molar-refractivity contribution in [3.05, 3.63) is 36.2 Å². The van der Waals surface area contributed by atoms with Crippen molar-refractivity contribution >= 4 is 5.52 Å². The highest BCUT2D eigenvalue weighted by molar-refractivity contribution is 5.52. The summed E-state index contributed by atoms with van der Waals surface area (Å²) in [6.07, 6.45) is 3.75. The van der Waals surface area contributed by atoms with Crippen LogP contribution in [0.5, 0.6) is 0 Å². The molecule has 0 aromatic carbocycles. The number of pyridine rings is 1. The molecule has 2 aromatic heterocycles. The van der Waals surface area contributed by atoms with Gasteiger partial charge in [-0.25, -0.2) is 4.52 Å². The third-order valence-corrected chi connectivity index (χ3v) is 1.65. The van der Waals surface area contributed by atoms with Gasteiger partial charge in [0.25, 0.3) is 0 Å². The summed E-state index contributed by atoms with van der Waals surface area (Å²) in [5, 5.41) is 4.10. The second-order valence-electron chi connectivity index (χ2n) is 2.35. The number of fused-ring (bicyclic) bond motifs is 1. The Balaban J connectivity index is 0.000000336. The molecule has 2 nitrogen and oxygen atoms in total. The average Bonchev–Trinajstić information content (AvgIpc) is 2.57. The number of aromatic nitrogens is 2. The topological polar surface area (TPSA) is 17.3 Å². The third kappa shape index (κ3) is 1.47. The molecule has 2 heterocycles. The van der Waals surface area contributed by atoms with Crippen LogP contribution in [0.4, 0.5) is 0 Å². The summed E-state index contributed by atoms with van der Waals surface area (Å²) in [6, 6.07) is 6.08. The molecule has 0 aliphatic rings. The second-order valence-corrected chi connectivity index (χ2v) is 2.35. The van der Waals surface area contributed by atoms with E-state index in [0.717, 1.165) is 0 Å². The summed E-state index contributed by atoms with van der Waals surface area (Å²) in [6.45, 7) is 6.08. The highest BCUT2D eigenvalue weighted by Gasteiger charge is 1.92. The molecule has 0 amide bonds. The van der Waals surface area contributed by atoms with E-state index >= 15 is 0 Å². The Hall–Kier alpha value is -1.31. The molecule has 0 aliphatic heterocycles. The van der Waals surface area contributed by atoms with Gasteiger partial charge in [-0.3, -0.25) is 0 Å². The molecule has 0 aliphatic carbocycles. The fourth-order valence-electron chi connectivity index (χ4n) is 1.10. The van der Waals surface area contributed by atoms with E-state index in [1.165, 1.54) is 11.1 Å². The van der Waals surface area contributed by atoms with Gasteiger partial charge in [-0.05, 0) is 24.6 Å². The minimum Gasteiger partial charge on any atom is -0.241 e. The molecule has 0 N–H and O–H groups in total. The molecule has 0 saturated heterocycles. The Kier molecular flexibility index (Phi) is 2.86. The van der Waals surface area contributed by atoms with Crippen LogP contribution in [0.1, 0.15) is 19.4 Å². The predicted octanol–water partition coefficient (Wildman–Crippen LogP) is 2.67. The Morgan fingerprint density at radius 3 is 2.67 bits per heavy atom. The van der Waals surface area contributed by atoms with E-state index in [1.807, 2.05) is 42.9 Å². The first-order chi connectivity index (χ1) is 5.88. The van der Waals surface area contributed by atoms with E-state index in [4.69, 9.17) is 0 Å². The minimum absolute atomic E-state index is 1.18. The highest BCUT2D eigenvalue weighted by atomic mass is 15.2. The summed E-state index contributed by atoms with van der Waals surface area (Å²) in [4.78, 5) is 0. The summed E-state index contributed by atoms with van der Waals surface area (Å²) >= 11 is 0. The van der Waals surface area contributed by atoms with E-state index in [-0.39, 0.29) is 0 Å². The largest absolute Gasteiger partial charge is 0.241 e. The zero-order chi connectivity index (χ0) is 8.97. The lowest BCUT2D eigenvalue weighted by atomic mass is 10.2. The molecule has 12 heavy (non-hydrogen) atoms. The summed E-state index contributed by atoms with van der Waals surface area (Å²) in [5.41, 5.74) is 2.45. The molecule has 0 unspecified atom stereocenters. The first kappa shape index (κ1) is 8.78. The van der Waals surface area contributed by atoms with Gasteiger partial charge in [0.2, 0.25) is 0 Å². The summed E-state index contributed by atoms with van der Waals surface area (Å²) in [5.74, 6) is 0. The maximum atomic E-state index is 4.10. The molecule has 0 bridgehead atoms. The number of rotatable bonds is 0. The fourth-order valence-corrected chi connectivity index (χ4v) is 1.10. The van der Waals surface area contributed by atoms with Crippen LogP contribution in [0.3, 0.4) is 0 Å². The van der Waals surface area contributed by atoms with Gasteiger partial charge in [0.1, 0.15) is 0 Å². The zero-order valence-electron chi connectivity index (χ0n) is 7.78. The van der Waals surface area contributed by atoms with Gasteiger partial charge in [-0.2, -0.15) is 5.10 Å². The molecular formula is C10H14N2. The van der Waals surface area contributed by atoms with Crippen LogP contribution >= 0.6 is 0 Å². The quantitative estimate of drug-likeness (QED) is 0.582. The van der Waals surface area contributed by atoms with E-state index in [0.29, 0.717) is 0 Å². The molecule has 2 aromatic rings. The molecule has 0 saturated carbocycles. The standard InChI is InChI=1S/C8H8N2.C2H6/c1-7-3-2-6-10-8(7)4-5-9-10;1-2/h2-6H,1H3;1-2H3. The Morgan fingerprint density at radius 2 is 2.00 bits per heavy atom. The van der Waals surface area contributed by atoms with Gasteiger partial charge >= 0.3 is 0 Å². The van der Waals surface area contributed by atoms with Crippen molar-refractivity contribution in [2.24, 2.45) is 0 Å². The Labute approximate surface area is 72.8 Å². The maximum Gasteiger partial charge on any atom is 0.0690 e. The first-order valence-electron chi connectivity index (χ1n) is 4.27. The van der Waals surface area contributed by atoms with Crippen molar-refractivity contribution < 1.29 is 0 Å². The van der Waals surface area contributed by atoms with Crippen molar-refractivity contribution in [2.45, 2.75) is 20.8 Å². The first-order valence-corrected chi connectivity index (χ1v) is 4.27. The van der Waals surface area contributed by atoms with E-state index in [9.17, 15) is 0 Å². The van der Waals surface area contributed by atoms with Gasteiger partial charge in [0, 0.05) is 12.4 Å². The van der Waals surface area contributed by atoms with Crippen molar-refractivity contribution in [3.63, 3.8) is 0 Å². The molecule has 0 spiro atoms. The lowest BCUT2D eigenvalue weighted by Crippen LogP contribution is -1.85. The van der Waals surface area contributed by atoms with Crippen molar-refractivity contribution in [2.75, 3.05) is 0 Å². The van der Waals surface area contributed by atoms with Crippen molar-refractivity contribution in [1.82, 2.24) is 9.61 Å². The fraction of sp³-hybridized carbons (Fsp3) is 0.300. The van der Waals surface area contributed by atoms with Gasteiger partial charge < -0.3 is 0 Å².